The lowest BCUT2D eigenvalue weighted by molar-refractivity contribution is -0.384. The highest BCUT2D eigenvalue weighted by atomic mass is 35.5. The van der Waals surface area contributed by atoms with Crippen molar-refractivity contribution in [1.29, 1.82) is 5.39 Å². The molecule has 0 aliphatic heterocycles. The van der Waals surface area contributed by atoms with Crippen molar-refractivity contribution in [3.8, 4) is 0 Å². The SMILES string of the molecule is N#[N+]N(Cl)c1ccccc1[N+](=O)[O-]. The van der Waals surface area contributed by atoms with Crippen LogP contribution in [0.3, 0.4) is 0 Å². The number of nitro groups is 1. The maximum Gasteiger partial charge on any atom is 0.328 e. The van der Waals surface area contributed by atoms with Crippen LogP contribution >= 0.6 is 11.8 Å². The van der Waals surface area contributed by atoms with E-state index in [0.717, 1.165) is 0 Å². The third-order valence-electron chi connectivity index (χ3n) is 1.36. The molecule has 0 aliphatic carbocycles. The normalized spacial score (nSPS) is 8.92. The molecule has 0 aliphatic rings. The van der Waals surface area contributed by atoms with Crippen LogP contribution < -0.4 is 4.53 Å². The molecule has 13 heavy (non-hydrogen) atoms. The minimum absolute atomic E-state index is 0.0108. The highest BCUT2D eigenvalue weighted by Crippen LogP contribution is 2.28. The Balaban J connectivity index is 3.21. The number of diazo groups is 1. The molecule has 0 fully saturated rings. The van der Waals surface area contributed by atoms with Crippen molar-refractivity contribution in [1.82, 2.24) is 0 Å². The van der Waals surface area contributed by atoms with Gasteiger partial charge < -0.3 is 0 Å². The number of para-hydroxylation sites is 2. The van der Waals surface area contributed by atoms with E-state index >= 15 is 0 Å². The number of hydrogen-bond donors (Lipinski definition) is 0. The lowest BCUT2D eigenvalue weighted by Gasteiger charge is -1.95. The Bertz CT molecular complexity index is 375. The van der Waals surface area contributed by atoms with Crippen LogP contribution in [0.2, 0.25) is 0 Å². The van der Waals surface area contributed by atoms with Gasteiger partial charge in [-0.3, -0.25) is 10.1 Å². The number of nitro benzene ring substituents is 1. The van der Waals surface area contributed by atoms with E-state index in [1.54, 1.807) is 6.07 Å². The summed E-state index contributed by atoms with van der Waals surface area (Å²) < 4.78 is 0.498. The van der Waals surface area contributed by atoms with E-state index in [1.807, 2.05) is 0 Å². The molecular weight excluding hydrogens is 196 g/mol. The van der Waals surface area contributed by atoms with Crippen molar-refractivity contribution in [2.75, 3.05) is 4.53 Å². The van der Waals surface area contributed by atoms with Crippen LogP contribution in [0.4, 0.5) is 11.4 Å². The first-order valence-electron chi connectivity index (χ1n) is 3.21. The average molecular weight is 200 g/mol. The molecule has 0 saturated carbocycles. The number of benzene rings is 1. The van der Waals surface area contributed by atoms with E-state index in [9.17, 15) is 10.1 Å². The maximum absolute atomic E-state index is 10.4. The molecule has 0 unspecified atom stereocenters. The average Bonchev–Trinajstić information content (AvgIpc) is 2.16. The Morgan fingerprint density at radius 2 is 2.15 bits per heavy atom. The fourth-order valence-electron chi connectivity index (χ4n) is 0.823. The Kier molecular flexibility index (Phi) is 2.62. The van der Waals surface area contributed by atoms with Crippen LogP contribution in [0.25, 0.3) is 5.08 Å². The van der Waals surface area contributed by atoms with E-state index in [0.29, 0.717) is 4.53 Å². The summed E-state index contributed by atoms with van der Waals surface area (Å²) in [4.78, 5) is 9.82. The highest BCUT2D eigenvalue weighted by Gasteiger charge is 2.24. The molecule has 0 radical (unpaired) electrons. The fraction of sp³-hybridized carbons (Fsp3) is 0. The predicted octanol–water partition coefficient (Wildman–Crippen LogP) is 2.32. The molecule has 0 saturated heterocycles. The standard InChI is InChI=1S/C6H4ClN4O2/c7-10(9-8)5-3-1-2-4-6(5)11(12)13/h1-4H/q+1. The van der Waals surface area contributed by atoms with Gasteiger partial charge in [-0.1, -0.05) is 12.1 Å². The van der Waals surface area contributed by atoms with Gasteiger partial charge in [-0.2, -0.15) is 0 Å². The first kappa shape index (κ1) is 9.22. The van der Waals surface area contributed by atoms with Gasteiger partial charge in [-0.05, 0) is 6.07 Å². The van der Waals surface area contributed by atoms with E-state index in [-0.39, 0.29) is 11.4 Å². The van der Waals surface area contributed by atoms with Gasteiger partial charge in [0.25, 0.3) is 5.39 Å². The van der Waals surface area contributed by atoms with Crippen LogP contribution in [0, 0.1) is 15.5 Å². The third-order valence-corrected chi connectivity index (χ3v) is 1.61. The topological polar surface area (TPSA) is 74.5 Å². The number of rotatable bonds is 2. The molecular formula is C6H4ClN4O2+. The third kappa shape index (κ3) is 1.83. The van der Waals surface area contributed by atoms with Crippen molar-refractivity contribution in [3.63, 3.8) is 0 Å². The molecule has 0 atom stereocenters. The summed E-state index contributed by atoms with van der Waals surface area (Å²) in [5, 5.41) is 21.3. The first-order chi connectivity index (χ1) is 6.16. The molecule has 0 spiro atoms. The van der Waals surface area contributed by atoms with Gasteiger partial charge in [0, 0.05) is 6.07 Å². The van der Waals surface area contributed by atoms with E-state index in [4.69, 9.17) is 17.2 Å². The Labute approximate surface area is 78.2 Å². The van der Waals surface area contributed by atoms with Gasteiger partial charge in [0.1, 0.15) is 16.3 Å². The van der Waals surface area contributed by atoms with Crippen molar-refractivity contribution < 1.29 is 4.92 Å². The smallest absolute Gasteiger partial charge is 0.258 e. The first-order valence-corrected chi connectivity index (χ1v) is 3.55. The number of anilines is 1. The summed E-state index contributed by atoms with van der Waals surface area (Å²) >= 11 is 5.35. The molecule has 1 aromatic carbocycles. The molecule has 0 heterocycles. The summed E-state index contributed by atoms with van der Waals surface area (Å²) in [6.07, 6.45) is 0. The molecule has 6 nitrogen and oxygen atoms in total. The van der Waals surface area contributed by atoms with Crippen LogP contribution in [-0.2, 0) is 0 Å². The van der Waals surface area contributed by atoms with Gasteiger partial charge in [-0.15, -0.1) is 0 Å². The van der Waals surface area contributed by atoms with Crippen molar-refractivity contribution >= 4 is 23.2 Å². The molecule has 0 bridgehead atoms. The largest absolute Gasteiger partial charge is 0.328 e. The molecule has 0 aromatic heterocycles. The van der Waals surface area contributed by atoms with E-state index in [1.165, 1.54) is 18.2 Å². The fourth-order valence-corrected chi connectivity index (χ4v) is 0.966. The number of hydrogen-bond acceptors (Lipinski definition) is 4. The van der Waals surface area contributed by atoms with Gasteiger partial charge >= 0.3 is 10.8 Å². The quantitative estimate of drug-likeness (QED) is 0.317. The van der Waals surface area contributed by atoms with Gasteiger partial charge in [0.2, 0.25) is 5.69 Å². The molecule has 1 aromatic rings. The Morgan fingerprint density at radius 1 is 1.54 bits per heavy atom. The molecule has 0 N–H and O–H groups in total. The monoisotopic (exact) mass is 199 g/mol. The zero-order chi connectivity index (χ0) is 9.84. The minimum atomic E-state index is -0.615. The van der Waals surface area contributed by atoms with Crippen LogP contribution in [0.5, 0.6) is 0 Å². The van der Waals surface area contributed by atoms with Crippen molar-refractivity contribution in [3.05, 3.63) is 39.5 Å². The van der Waals surface area contributed by atoms with Crippen molar-refractivity contribution in [2.24, 2.45) is 0 Å². The summed E-state index contributed by atoms with van der Waals surface area (Å²) in [6.45, 7) is 0. The molecule has 7 heteroatoms. The zero-order valence-corrected chi connectivity index (χ0v) is 7.05. The van der Waals surface area contributed by atoms with E-state index in [2.05, 4.69) is 5.08 Å². The van der Waals surface area contributed by atoms with Crippen LogP contribution in [0.1, 0.15) is 0 Å². The Hall–Kier alpha value is -1.87. The second kappa shape index (κ2) is 3.69. The molecule has 66 valence electrons. The van der Waals surface area contributed by atoms with Crippen LogP contribution in [-0.4, -0.2) is 4.92 Å². The predicted molar refractivity (Wildman–Crippen MR) is 46.5 cm³/mol. The van der Waals surface area contributed by atoms with Gasteiger partial charge in [0.15, 0.2) is 0 Å². The minimum Gasteiger partial charge on any atom is -0.258 e. The number of nitrogens with zero attached hydrogens (tertiary/aromatic N) is 4. The zero-order valence-electron chi connectivity index (χ0n) is 6.29. The van der Waals surface area contributed by atoms with Crippen LogP contribution in [0.15, 0.2) is 24.3 Å². The molecule has 1 rings (SSSR count). The van der Waals surface area contributed by atoms with Gasteiger partial charge in [-0.25, -0.2) is 0 Å². The Morgan fingerprint density at radius 3 is 2.69 bits per heavy atom. The van der Waals surface area contributed by atoms with Gasteiger partial charge in [0.05, 0.1) is 4.92 Å². The second-order valence-corrected chi connectivity index (χ2v) is 2.42. The number of halogens is 1. The lowest BCUT2D eigenvalue weighted by Crippen LogP contribution is -2.00. The highest BCUT2D eigenvalue weighted by molar-refractivity contribution is 6.26. The van der Waals surface area contributed by atoms with E-state index < -0.39 is 4.92 Å². The lowest BCUT2D eigenvalue weighted by atomic mass is 10.3. The second-order valence-electron chi connectivity index (χ2n) is 2.10. The summed E-state index contributed by atoms with van der Waals surface area (Å²) in [5.74, 6) is 0. The molecule has 0 amide bonds. The van der Waals surface area contributed by atoms with Crippen molar-refractivity contribution in [2.45, 2.75) is 0 Å². The summed E-state index contributed by atoms with van der Waals surface area (Å²) in [7, 11) is 0. The summed E-state index contributed by atoms with van der Waals surface area (Å²) in [6, 6.07) is 5.66. The summed E-state index contributed by atoms with van der Waals surface area (Å²) in [5.41, 5.74) is -0.216. The maximum atomic E-state index is 10.4.